The van der Waals surface area contributed by atoms with Gasteiger partial charge in [-0.2, -0.15) is 0 Å². The molecule has 3 rings (SSSR count). The Bertz CT molecular complexity index is 637. The number of benzene rings is 2. The van der Waals surface area contributed by atoms with Crippen LogP contribution in [-0.4, -0.2) is 20.1 Å². The molecule has 0 fully saturated rings. The second-order valence-corrected chi connectivity index (χ2v) is 5.07. The van der Waals surface area contributed by atoms with Crippen LogP contribution in [0.5, 0.6) is 0 Å². The third-order valence-corrected chi connectivity index (χ3v) is 3.51. The van der Waals surface area contributed by atoms with E-state index in [0.29, 0.717) is 0 Å². The van der Waals surface area contributed by atoms with Crippen molar-refractivity contribution in [3.63, 3.8) is 0 Å². The van der Waals surface area contributed by atoms with Crippen molar-refractivity contribution in [2.45, 2.75) is 6.04 Å². The van der Waals surface area contributed by atoms with E-state index >= 15 is 0 Å². The summed E-state index contributed by atoms with van der Waals surface area (Å²) in [4.78, 5) is 13.9. The van der Waals surface area contributed by atoms with E-state index in [1.807, 2.05) is 56.6 Å². The maximum absolute atomic E-state index is 11.9. The van der Waals surface area contributed by atoms with Crippen molar-refractivity contribution in [1.29, 1.82) is 0 Å². The zero-order chi connectivity index (χ0) is 14.1. The second kappa shape index (κ2) is 4.89. The lowest BCUT2D eigenvalue weighted by molar-refractivity contribution is 0.249. The van der Waals surface area contributed by atoms with Gasteiger partial charge in [0.15, 0.2) is 0 Å². The molecule has 1 aliphatic heterocycles. The summed E-state index contributed by atoms with van der Waals surface area (Å²) in [7, 11) is 4.02. The number of amides is 2. The molecule has 0 spiro atoms. The number of carbonyl (C=O) groups is 1. The van der Waals surface area contributed by atoms with E-state index < -0.39 is 0 Å². The normalized spacial score (nSPS) is 16.9. The average molecular weight is 267 g/mol. The number of fused-ring (bicyclic) bond motifs is 1. The summed E-state index contributed by atoms with van der Waals surface area (Å²) in [5, 5.41) is 5.89. The van der Waals surface area contributed by atoms with Crippen LogP contribution in [0.15, 0.2) is 48.5 Å². The largest absolute Gasteiger partial charge is 0.377 e. The molecule has 20 heavy (non-hydrogen) atoms. The first-order valence-corrected chi connectivity index (χ1v) is 6.59. The summed E-state index contributed by atoms with van der Waals surface area (Å²) in [6, 6.07) is 15.7. The minimum atomic E-state index is -0.165. The van der Waals surface area contributed by atoms with Crippen LogP contribution in [0, 0.1) is 0 Å². The molecule has 0 aliphatic carbocycles. The van der Waals surface area contributed by atoms with Crippen LogP contribution in [0.3, 0.4) is 0 Å². The molecule has 0 aromatic heterocycles. The van der Waals surface area contributed by atoms with Gasteiger partial charge in [-0.05, 0) is 17.7 Å². The highest BCUT2D eigenvalue weighted by Crippen LogP contribution is 2.38. The van der Waals surface area contributed by atoms with Gasteiger partial charge in [0.1, 0.15) is 0 Å². The van der Waals surface area contributed by atoms with Crippen molar-refractivity contribution in [1.82, 2.24) is 5.32 Å². The van der Waals surface area contributed by atoms with Gasteiger partial charge in [0.25, 0.3) is 0 Å². The Morgan fingerprint density at radius 1 is 1.00 bits per heavy atom. The smallest absolute Gasteiger partial charge is 0.320 e. The number of anilines is 2. The lowest BCUT2D eigenvalue weighted by atomic mass is 9.93. The molecule has 2 aromatic carbocycles. The van der Waals surface area contributed by atoms with Crippen LogP contribution < -0.4 is 15.5 Å². The fraction of sp³-hybridized carbons (Fsp3) is 0.188. The zero-order valence-corrected chi connectivity index (χ0v) is 11.6. The molecule has 1 unspecified atom stereocenters. The van der Waals surface area contributed by atoms with Gasteiger partial charge in [-0.25, -0.2) is 4.79 Å². The molecule has 0 bridgehead atoms. The van der Waals surface area contributed by atoms with Crippen LogP contribution >= 0.6 is 0 Å². The van der Waals surface area contributed by atoms with E-state index in [-0.39, 0.29) is 12.1 Å². The van der Waals surface area contributed by atoms with Crippen molar-refractivity contribution in [3.05, 3.63) is 59.7 Å². The number of urea groups is 1. The zero-order valence-electron chi connectivity index (χ0n) is 11.6. The summed E-state index contributed by atoms with van der Waals surface area (Å²) in [6.07, 6.45) is 0. The van der Waals surface area contributed by atoms with Gasteiger partial charge in [0.05, 0.1) is 11.7 Å². The predicted molar refractivity (Wildman–Crippen MR) is 81.2 cm³/mol. The Hall–Kier alpha value is -2.49. The highest BCUT2D eigenvalue weighted by molar-refractivity contribution is 5.95. The quantitative estimate of drug-likeness (QED) is 0.878. The first-order valence-electron chi connectivity index (χ1n) is 6.59. The molecule has 0 saturated carbocycles. The topological polar surface area (TPSA) is 44.4 Å². The van der Waals surface area contributed by atoms with Crippen molar-refractivity contribution in [2.24, 2.45) is 0 Å². The monoisotopic (exact) mass is 267 g/mol. The molecule has 1 heterocycles. The maximum atomic E-state index is 11.9. The molecule has 4 nitrogen and oxygen atoms in total. The van der Waals surface area contributed by atoms with E-state index in [2.05, 4.69) is 21.6 Å². The van der Waals surface area contributed by atoms with Crippen molar-refractivity contribution < 1.29 is 4.79 Å². The molecular weight excluding hydrogens is 250 g/mol. The third kappa shape index (κ3) is 2.09. The first-order chi connectivity index (χ1) is 9.66. The van der Waals surface area contributed by atoms with E-state index in [0.717, 1.165) is 22.5 Å². The molecule has 1 aliphatic rings. The third-order valence-electron chi connectivity index (χ3n) is 3.51. The summed E-state index contributed by atoms with van der Waals surface area (Å²) < 4.78 is 0. The summed E-state index contributed by atoms with van der Waals surface area (Å²) in [6.45, 7) is 0. The molecule has 1 atom stereocenters. The predicted octanol–water partition coefficient (Wildman–Crippen LogP) is 2.98. The molecule has 102 valence electrons. The Balaban J connectivity index is 2.18. The van der Waals surface area contributed by atoms with Gasteiger partial charge < -0.3 is 15.5 Å². The fourth-order valence-corrected chi connectivity index (χ4v) is 2.61. The van der Waals surface area contributed by atoms with E-state index in [4.69, 9.17) is 0 Å². The lowest BCUT2D eigenvalue weighted by Gasteiger charge is -2.31. The van der Waals surface area contributed by atoms with Gasteiger partial charge >= 0.3 is 6.03 Å². The minimum Gasteiger partial charge on any atom is -0.377 e. The average Bonchev–Trinajstić information content (AvgIpc) is 2.46. The SMILES string of the molecule is CN(C)c1cccc2c1C(c1ccccc1)NC(=O)N2. The number of nitrogens with zero attached hydrogens (tertiary/aromatic N) is 1. The van der Waals surface area contributed by atoms with Gasteiger partial charge in [-0.15, -0.1) is 0 Å². The highest BCUT2D eigenvalue weighted by atomic mass is 16.2. The minimum absolute atomic E-state index is 0.126. The Morgan fingerprint density at radius 2 is 1.75 bits per heavy atom. The maximum Gasteiger partial charge on any atom is 0.320 e. The van der Waals surface area contributed by atoms with Crippen LogP contribution in [-0.2, 0) is 0 Å². The number of hydrogen-bond donors (Lipinski definition) is 2. The number of rotatable bonds is 2. The van der Waals surface area contributed by atoms with Crippen LogP contribution in [0.25, 0.3) is 0 Å². The molecular formula is C16H17N3O. The fourth-order valence-electron chi connectivity index (χ4n) is 2.61. The Kier molecular flexibility index (Phi) is 3.06. The second-order valence-electron chi connectivity index (χ2n) is 5.07. The molecule has 4 heteroatoms. The van der Waals surface area contributed by atoms with E-state index in [1.165, 1.54) is 0 Å². The summed E-state index contributed by atoms with van der Waals surface area (Å²) >= 11 is 0. The van der Waals surface area contributed by atoms with E-state index in [9.17, 15) is 4.79 Å². The molecule has 2 N–H and O–H groups in total. The van der Waals surface area contributed by atoms with Crippen molar-refractivity contribution in [3.8, 4) is 0 Å². The van der Waals surface area contributed by atoms with Gasteiger partial charge in [0.2, 0.25) is 0 Å². The number of hydrogen-bond acceptors (Lipinski definition) is 2. The summed E-state index contributed by atoms with van der Waals surface area (Å²) in [5.74, 6) is 0. The number of nitrogens with one attached hydrogen (secondary N) is 2. The number of carbonyl (C=O) groups excluding carboxylic acids is 1. The molecule has 0 radical (unpaired) electrons. The Morgan fingerprint density at radius 3 is 2.45 bits per heavy atom. The first kappa shape index (κ1) is 12.5. The highest BCUT2D eigenvalue weighted by Gasteiger charge is 2.28. The van der Waals surface area contributed by atoms with E-state index in [1.54, 1.807) is 0 Å². The molecule has 2 aromatic rings. The van der Waals surface area contributed by atoms with Crippen molar-refractivity contribution in [2.75, 3.05) is 24.3 Å². The van der Waals surface area contributed by atoms with Gasteiger partial charge in [-0.1, -0.05) is 36.4 Å². The summed E-state index contributed by atoms with van der Waals surface area (Å²) in [5.41, 5.74) is 4.15. The molecule has 2 amide bonds. The van der Waals surface area contributed by atoms with Crippen LogP contribution in [0.2, 0.25) is 0 Å². The standard InChI is InChI=1S/C16H17N3O/c1-19(2)13-10-6-9-12-14(13)15(18-16(20)17-12)11-7-4-3-5-8-11/h3-10,15H,1-2H3,(H2,17,18,20). The van der Waals surface area contributed by atoms with Crippen molar-refractivity contribution >= 4 is 17.4 Å². The molecule has 0 saturated heterocycles. The lowest BCUT2D eigenvalue weighted by Crippen LogP contribution is -2.39. The Labute approximate surface area is 118 Å². The van der Waals surface area contributed by atoms with Crippen LogP contribution in [0.1, 0.15) is 17.2 Å². The van der Waals surface area contributed by atoms with Gasteiger partial charge in [0, 0.05) is 25.3 Å². The van der Waals surface area contributed by atoms with Gasteiger partial charge in [-0.3, -0.25) is 0 Å². The van der Waals surface area contributed by atoms with Crippen LogP contribution in [0.4, 0.5) is 16.2 Å².